The second-order valence-electron chi connectivity index (χ2n) is 6.11. The quantitative estimate of drug-likeness (QED) is 0.858. The maximum Gasteiger partial charge on any atom is 0.306 e. The van der Waals surface area contributed by atoms with Crippen molar-refractivity contribution >= 4 is 5.97 Å². The molecule has 1 aliphatic rings. The smallest absolute Gasteiger partial charge is 0.306 e. The lowest BCUT2D eigenvalue weighted by Crippen LogP contribution is -2.46. The van der Waals surface area contributed by atoms with Gasteiger partial charge in [-0.05, 0) is 36.1 Å². The van der Waals surface area contributed by atoms with E-state index in [-0.39, 0.29) is 12.3 Å². The van der Waals surface area contributed by atoms with E-state index in [2.05, 4.69) is 0 Å². The molecule has 2 unspecified atom stereocenters. The number of hydrogen-bond acceptors (Lipinski definition) is 3. The van der Waals surface area contributed by atoms with Gasteiger partial charge in [-0.1, -0.05) is 42.5 Å². The van der Waals surface area contributed by atoms with Crippen LogP contribution in [0.25, 0.3) is 0 Å². The summed E-state index contributed by atoms with van der Waals surface area (Å²) in [6.45, 7) is 0.507. The fourth-order valence-electron chi connectivity index (χ4n) is 3.11. The summed E-state index contributed by atoms with van der Waals surface area (Å²) in [5, 5.41) is 19.3. The summed E-state index contributed by atoms with van der Waals surface area (Å²) >= 11 is 0. The fraction of sp³-hybridized carbons (Fsp3) is 0.316. The van der Waals surface area contributed by atoms with E-state index in [4.69, 9.17) is 9.84 Å². The molecule has 0 amide bonds. The third kappa shape index (κ3) is 3.54. The predicted molar refractivity (Wildman–Crippen MR) is 86.4 cm³/mol. The van der Waals surface area contributed by atoms with E-state index in [1.165, 1.54) is 0 Å². The van der Waals surface area contributed by atoms with Crippen molar-refractivity contribution in [3.63, 3.8) is 0 Å². The van der Waals surface area contributed by atoms with Crippen LogP contribution in [0.3, 0.4) is 0 Å². The molecular weight excluding hydrogens is 292 g/mol. The average molecular weight is 312 g/mol. The molecule has 2 aromatic carbocycles. The van der Waals surface area contributed by atoms with E-state index in [9.17, 15) is 9.90 Å². The molecule has 2 aromatic rings. The number of aliphatic carboxylic acids is 1. The van der Waals surface area contributed by atoms with Crippen molar-refractivity contribution in [3.8, 4) is 5.75 Å². The van der Waals surface area contributed by atoms with Crippen LogP contribution in [-0.2, 0) is 11.4 Å². The van der Waals surface area contributed by atoms with Gasteiger partial charge >= 0.3 is 5.97 Å². The van der Waals surface area contributed by atoms with Crippen LogP contribution in [0, 0.1) is 0 Å². The van der Waals surface area contributed by atoms with Gasteiger partial charge in [-0.2, -0.15) is 0 Å². The summed E-state index contributed by atoms with van der Waals surface area (Å²) in [6.07, 6.45) is 1.15. The number of carbonyl (C=O) groups is 1. The number of ether oxygens (including phenoxy) is 1. The highest BCUT2D eigenvalue weighted by atomic mass is 16.5. The Morgan fingerprint density at radius 1 is 1.13 bits per heavy atom. The summed E-state index contributed by atoms with van der Waals surface area (Å²) in [6, 6.07) is 17.5. The van der Waals surface area contributed by atoms with Crippen molar-refractivity contribution in [3.05, 3.63) is 65.7 Å². The first kappa shape index (κ1) is 15.6. The topological polar surface area (TPSA) is 66.8 Å². The van der Waals surface area contributed by atoms with Crippen molar-refractivity contribution < 1.29 is 19.7 Å². The summed E-state index contributed by atoms with van der Waals surface area (Å²) in [5.41, 5.74) is 0.955. The Morgan fingerprint density at radius 2 is 1.83 bits per heavy atom. The van der Waals surface area contributed by atoms with Gasteiger partial charge < -0.3 is 14.9 Å². The molecule has 0 saturated heterocycles. The third-order valence-corrected chi connectivity index (χ3v) is 4.50. The summed E-state index contributed by atoms with van der Waals surface area (Å²) < 4.78 is 5.74. The Bertz CT molecular complexity index is 666. The van der Waals surface area contributed by atoms with E-state index in [0.29, 0.717) is 13.0 Å². The molecule has 2 N–H and O–H groups in total. The SMILES string of the molecule is O=C(O)CC1(O)CCC1c1ccc(OCc2ccccc2)cc1. The molecule has 1 aliphatic carbocycles. The van der Waals surface area contributed by atoms with Crippen LogP contribution in [0.2, 0.25) is 0 Å². The monoisotopic (exact) mass is 312 g/mol. The number of carboxylic acids is 1. The van der Waals surface area contributed by atoms with Gasteiger partial charge in [-0.3, -0.25) is 4.79 Å². The molecule has 3 rings (SSSR count). The number of aliphatic hydroxyl groups is 1. The zero-order chi connectivity index (χ0) is 16.3. The van der Waals surface area contributed by atoms with Crippen LogP contribution in [0.5, 0.6) is 5.75 Å². The lowest BCUT2D eigenvalue weighted by molar-refractivity contribution is -0.148. The molecule has 4 nitrogen and oxygen atoms in total. The van der Waals surface area contributed by atoms with Crippen molar-refractivity contribution in [2.45, 2.75) is 37.4 Å². The standard InChI is InChI=1S/C19H20O4/c20-18(21)12-19(22)11-10-17(19)15-6-8-16(9-7-15)23-13-14-4-2-1-3-5-14/h1-9,17,22H,10-13H2,(H,20,21). The first-order valence-electron chi connectivity index (χ1n) is 7.78. The van der Waals surface area contributed by atoms with E-state index in [1.54, 1.807) is 0 Å². The summed E-state index contributed by atoms with van der Waals surface area (Å²) in [5.74, 6) is -0.305. The van der Waals surface area contributed by atoms with Crippen LogP contribution in [-0.4, -0.2) is 21.8 Å². The molecular formula is C19H20O4. The van der Waals surface area contributed by atoms with E-state index in [1.807, 2.05) is 54.6 Å². The zero-order valence-electron chi connectivity index (χ0n) is 12.8. The molecule has 0 aromatic heterocycles. The average Bonchev–Trinajstić information content (AvgIpc) is 2.53. The molecule has 0 aliphatic heterocycles. The Labute approximate surface area is 135 Å². The van der Waals surface area contributed by atoms with E-state index >= 15 is 0 Å². The highest BCUT2D eigenvalue weighted by Crippen LogP contribution is 2.48. The predicted octanol–water partition coefficient (Wildman–Crippen LogP) is 3.35. The minimum atomic E-state index is -1.11. The van der Waals surface area contributed by atoms with Gasteiger partial charge in [0.05, 0.1) is 12.0 Å². The lowest BCUT2D eigenvalue weighted by atomic mass is 9.64. The van der Waals surface area contributed by atoms with Crippen molar-refractivity contribution in [2.75, 3.05) is 0 Å². The minimum absolute atomic E-state index is 0.109. The highest BCUT2D eigenvalue weighted by molar-refractivity contribution is 5.68. The second kappa shape index (κ2) is 6.42. The van der Waals surface area contributed by atoms with Gasteiger partial charge in [0.1, 0.15) is 12.4 Å². The Hall–Kier alpha value is -2.33. The molecule has 0 bridgehead atoms. The maximum absolute atomic E-state index is 10.9. The number of rotatable bonds is 6. The molecule has 2 atom stereocenters. The van der Waals surface area contributed by atoms with E-state index in [0.717, 1.165) is 23.3 Å². The van der Waals surface area contributed by atoms with Crippen LogP contribution < -0.4 is 4.74 Å². The summed E-state index contributed by atoms with van der Waals surface area (Å²) in [7, 11) is 0. The van der Waals surface area contributed by atoms with Gasteiger partial charge in [0.15, 0.2) is 0 Å². The number of benzene rings is 2. The van der Waals surface area contributed by atoms with Crippen LogP contribution >= 0.6 is 0 Å². The van der Waals surface area contributed by atoms with Crippen LogP contribution in [0.1, 0.15) is 36.3 Å². The van der Waals surface area contributed by atoms with Crippen molar-refractivity contribution in [1.29, 1.82) is 0 Å². The maximum atomic E-state index is 10.9. The molecule has 4 heteroatoms. The van der Waals surface area contributed by atoms with Gasteiger partial charge in [-0.15, -0.1) is 0 Å². The molecule has 0 spiro atoms. The van der Waals surface area contributed by atoms with Crippen LogP contribution in [0.15, 0.2) is 54.6 Å². The van der Waals surface area contributed by atoms with Gasteiger partial charge in [-0.25, -0.2) is 0 Å². The number of carboxylic acid groups (broad SMARTS) is 1. The minimum Gasteiger partial charge on any atom is -0.489 e. The van der Waals surface area contributed by atoms with Crippen molar-refractivity contribution in [1.82, 2.24) is 0 Å². The lowest BCUT2D eigenvalue weighted by Gasteiger charge is -2.45. The summed E-state index contributed by atoms with van der Waals surface area (Å²) in [4.78, 5) is 10.9. The first-order chi connectivity index (χ1) is 11.1. The first-order valence-corrected chi connectivity index (χ1v) is 7.78. The fourth-order valence-corrected chi connectivity index (χ4v) is 3.11. The normalized spacial score (nSPS) is 23.1. The highest BCUT2D eigenvalue weighted by Gasteiger charge is 2.47. The molecule has 1 saturated carbocycles. The third-order valence-electron chi connectivity index (χ3n) is 4.50. The number of hydrogen-bond donors (Lipinski definition) is 2. The van der Waals surface area contributed by atoms with Crippen LogP contribution in [0.4, 0.5) is 0 Å². The molecule has 0 heterocycles. The second-order valence-corrected chi connectivity index (χ2v) is 6.11. The zero-order valence-corrected chi connectivity index (χ0v) is 12.8. The molecule has 1 fully saturated rings. The largest absolute Gasteiger partial charge is 0.489 e. The molecule has 120 valence electrons. The Balaban J connectivity index is 1.62. The van der Waals surface area contributed by atoms with Gasteiger partial charge in [0.2, 0.25) is 0 Å². The van der Waals surface area contributed by atoms with Gasteiger partial charge in [0, 0.05) is 5.92 Å². The molecule has 0 radical (unpaired) electrons. The van der Waals surface area contributed by atoms with Gasteiger partial charge in [0.25, 0.3) is 0 Å². The van der Waals surface area contributed by atoms with Crippen molar-refractivity contribution in [2.24, 2.45) is 0 Å². The molecule has 23 heavy (non-hydrogen) atoms. The Kier molecular flexibility index (Phi) is 4.35. The Morgan fingerprint density at radius 3 is 2.39 bits per heavy atom. The van der Waals surface area contributed by atoms with E-state index < -0.39 is 11.6 Å².